The Hall–Kier alpha value is -2.32. The number of hydrogen-bond donors (Lipinski definition) is 0. The molecule has 0 aromatic heterocycles. The van der Waals surface area contributed by atoms with Crippen LogP contribution in [0.15, 0.2) is 47.6 Å². The number of azide groups is 1. The Labute approximate surface area is 98.2 Å². The molecule has 0 aliphatic heterocycles. The first kappa shape index (κ1) is 11.2. The van der Waals surface area contributed by atoms with E-state index in [9.17, 15) is 4.39 Å². The van der Waals surface area contributed by atoms with Gasteiger partial charge in [0.2, 0.25) is 0 Å². The SMILES string of the molecule is Cc1ccc(-c2ccccc2N=[N+]=[N-])cc1F. The highest BCUT2D eigenvalue weighted by molar-refractivity contribution is 5.75. The van der Waals surface area contributed by atoms with Gasteiger partial charge in [-0.05, 0) is 35.2 Å². The zero-order valence-corrected chi connectivity index (χ0v) is 9.26. The van der Waals surface area contributed by atoms with Gasteiger partial charge in [-0.2, -0.15) is 0 Å². The Morgan fingerprint density at radius 3 is 2.65 bits per heavy atom. The quantitative estimate of drug-likeness (QED) is 0.404. The Kier molecular flexibility index (Phi) is 3.08. The van der Waals surface area contributed by atoms with Gasteiger partial charge in [0.05, 0.1) is 0 Å². The van der Waals surface area contributed by atoms with E-state index in [1.807, 2.05) is 12.1 Å². The van der Waals surface area contributed by atoms with Gasteiger partial charge >= 0.3 is 0 Å². The van der Waals surface area contributed by atoms with Gasteiger partial charge in [-0.3, -0.25) is 0 Å². The normalized spacial score (nSPS) is 9.76. The topological polar surface area (TPSA) is 48.8 Å². The van der Waals surface area contributed by atoms with E-state index in [4.69, 9.17) is 5.53 Å². The molecule has 0 radical (unpaired) electrons. The summed E-state index contributed by atoms with van der Waals surface area (Å²) < 4.78 is 13.5. The molecule has 0 saturated carbocycles. The van der Waals surface area contributed by atoms with E-state index in [0.717, 1.165) is 5.56 Å². The first-order valence-corrected chi connectivity index (χ1v) is 5.13. The molecular formula is C13H10FN3. The summed E-state index contributed by atoms with van der Waals surface area (Å²) in [5, 5.41) is 3.59. The lowest BCUT2D eigenvalue weighted by atomic mass is 10.0. The third kappa shape index (κ3) is 2.27. The van der Waals surface area contributed by atoms with Gasteiger partial charge in [-0.25, -0.2) is 4.39 Å². The fraction of sp³-hybridized carbons (Fsp3) is 0.0769. The largest absolute Gasteiger partial charge is 0.207 e. The molecule has 17 heavy (non-hydrogen) atoms. The third-order valence-electron chi connectivity index (χ3n) is 2.54. The van der Waals surface area contributed by atoms with Crippen molar-refractivity contribution in [3.8, 4) is 11.1 Å². The highest BCUT2D eigenvalue weighted by Gasteiger charge is 2.05. The zero-order chi connectivity index (χ0) is 12.3. The van der Waals surface area contributed by atoms with Gasteiger partial charge in [-0.15, -0.1) is 0 Å². The molecule has 0 N–H and O–H groups in total. The maximum Gasteiger partial charge on any atom is 0.126 e. The molecule has 84 valence electrons. The molecule has 2 aromatic rings. The van der Waals surface area contributed by atoms with Gasteiger partial charge in [0.25, 0.3) is 0 Å². The van der Waals surface area contributed by atoms with Crippen molar-refractivity contribution in [2.24, 2.45) is 5.11 Å². The van der Waals surface area contributed by atoms with E-state index < -0.39 is 0 Å². The van der Waals surface area contributed by atoms with Gasteiger partial charge in [0.1, 0.15) is 5.82 Å². The summed E-state index contributed by atoms with van der Waals surface area (Å²) in [6.07, 6.45) is 0. The third-order valence-corrected chi connectivity index (χ3v) is 2.54. The number of halogens is 1. The Morgan fingerprint density at radius 2 is 1.94 bits per heavy atom. The lowest BCUT2D eigenvalue weighted by Crippen LogP contribution is -1.84. The monoisotopic (exact) mass is 227 g/mol. The minimum absolute atomic E-state index is 0.266. The van der Waals surface area contributed by atoms with Crippen molar-refractivity contribution in [1.29, 1.82) is 0 Å². The number of nitrogens with zero attached hydrogens (tertiary/aromatic N) is 3. The van der Waals surface area contributed by atoms with Crippen molar-refractivity contribution in [2.75, 3.05) is 0 Å². The van der Waals surface area contributed by atoms with Crippen LogP contribution >= 0.6 is 0 Å². The average Bonchev–Trinajstić information content (AvgIpc) is 2.34. The van der Waals surface area contributed by atoms with Gasteiger partial charge in [0.15, 0.2) is 0 Å². The fourth-order valence-electron chi connectivity index (χ4n) is 1.61. The van der Waals surface area contributed by atoms with Crippen LogP contribution in [0.4, 0.5) is 10.1 Å². The Balaban J connectivity index is 2.59. The zero-order valence-electron chi connectivity index (χ0n) is 9.26. The van der Waals surface area contributed by atoms with Crippen molar-refractivity contribution in [3.63, 3.8) is 0 Å². The molecule has 3 nitrogen and oxygen atoms in total. The van der Waals surface area contributed by atoms with Crippen LogP contribution in [-0.2, 0) is 0 Å². The first-order chi connectivity index (χ1) is 8.22. The average molecular weight is 227 g/mol. The molecule has 0 amide bonds. The Morgan fingerprint density at radius 1 is 1.18 bits per heavy atom. The minimum Gasteiger partial charge on any atom is -0.207 e. The molecule has 4 heteroatoms. The van der Waals surface area contributed by atoms with Crippen LogP contribution in [0.5, 0.6) is 0 Å². The van der Waals surface area contributed by atoms with E-state index in [2.05, 4.69) is 10.0 Å². The minimum atomic E-state index is -0.266. The Bertz CT molecular complexity index is 601. The lowest BCUT2D eigenvalue weighted by Gasteiger charge is -2.06. The maximum atomic E-state index is 13.5. The summed E-state index contributed by atoms with van der Waals surface area (Å²) >= 11 is 0. The molecular weight excluding hydrogens is 217 g/mol. The van der Waals surface area contributed by atoms with Crippen LogP contribution in [0.3, 0.4) is 0 Å². The van der Waals surface area contributed by atoms with Gasteiger partial charge in [0, 0.05) is 10.6 Å². The van der Waals surface area contributed by atoms with Crippen LogP contribution in [0.2, 0.25) is 0 Å². The summed E-state index contributed by atoms with van der Waals surface area (Å²) in [6.45, 7) is 1.71. The number of hydrogen-bond acceptors (Lipinski definition) is 1. The highest BCUT2D eigenvalue weighted by atomic mass is 19.1. The second-order valence-corrected chi connectivity index (χ2v) is 3.67. The van der Waals surface area contributed by atoms with Crippen molar-refractivity contribution < 1.29 is 4.39 Å². The van der Waals surface area contributed by atoms with E-state index >= 15 is 0 Å². The molecule has 2 rings (SSSR count). The first-order valence-electron chi connectivity index (χ1n) is 5.13. The van der Waals surface area contributed by atoms with Crippen LogP contribution < -0.4 is 0 Å². The van der Waals surface area contributed by atoms with E-state index in [1.54, 1.807) is 31.2 Å². The summed E-state index contributed by atoms with van der Waals surface area (Å²) in [4.78, 5) is 2.76. The summed E-state index contributed by atoms with van der Waals surface area (Å²) in [7, 11) is 0. The second kappa shape index (κ2) is 4.68. The van der Waals surface area contributed by atoms with Crippen molar-refractivity contribution >= 4 is 5.69 Å². The molecule has 0 bridgehead atoms. The van der Waals surface area contributed by atoms with Crippen LogP contribution in [0.1, 0.15) is 5.56 Å². The maximum absolute atomic E-state index is 13.5. The van der Waals surface area contributed by atoms with Crippen LogP contribution in [0, 0.1) is 12.7 Å². The predicted molar refractivity (Wildman–Crippen MR) is 65.4 cm³/mol. The number of aryl methyl sites for hydroxylation is 1. The van der Waals surface area contributed by atoms with Gasteiger partial charge < -0.3 is 0 Å². The molecule has 0 atom stereocenters. The molecule has 2 aromatic carbocycles. The predicted octanol–water partition coefficient (Wildman–Crippen LogP) is 4.74. The van der Waals surface area contributed by atoms with E-state index in [1.165, 1.54) is 6.07 Å². The molecule has 0 unspecified atom stereocenters. The fourth-order valence-corrected chi connectivity index (χ4v) is 1.61. The van der Waals surface area contributed by atoms with Crippen LogP contribution in [-0.4, -0.2) is 0 Å². The number of benzene rings is 2. The van der Waals surface area contributed by atoms with Crippen molar-refractivity contribution in [3.05, 3.63) is 64.3 Å². The smallest absolute Gasteiger partial charge is 0.126 e. The van der Waals surface area contributed by atoms with Gasteiger partial charge in [-0.1, -0.05) is 41.5 Å². The van der Waals surface area contributed by atoms with Crippen molar-refractivity contribution in [1.82, 2.24) is 0 Å². The lowest BCUT2D eigenvalue weighted by molar-refractivity contribution is 0.619. The molecule has 0 aliphatic rings. The summed E-state index contributed by atoms with van der Waals surface area (Å²) in [5.41, 5.74) is 11.0. The standard InChI is InChI=1S/C13H10FN3/c1-9-6-7-10(8-12(9)14)11-4-2-3-5-13(11)16-17-15/h2-8H,1H3. The van der Waals surface area contributed by atoms with E-state index in [-0.39, 0.29) is 5.82 Å². The molecule has 0 spiro atoms. The van der Waals surface area contributed by atoms with Crippen LogP contribution in [0.25, 0.3) is 21.6 Å². The highest BCUT2D eigenvalue weighted by Crippen LogP contribution is 2.30. The number of rotatable bonds is 2. The van der Waals surface area contributed by atoms with E-state index in [0.29, 0.717) is 16.8 Å². The molecule has 0 aliphatic carbocycles. The molecule has 0 saturated heterocycles. The molecule has 0 heterocycles. The summed E-state index contributed by atoms with van der Waals surface area (Å²) in [5.74, 6) is -0.266. The van der Waals surface area contributed by atoms with Crippen molar-refractivity contribution in [2.45, 2.75) is 6.92 Å². The molecule has 0 fully saturated rings. The second-order valence-electron chi connectivity index (χ2n) is 3.67. The summed E-state index contributed by atoms with van der Waals surface area (Å²) in [6, 6.07) is 12.1.